The second kappa shape index (κ2) is 10.2. The number of halogens is 3. The first-order valence-electron chi connectivity index (χ1n) is 11.6. The zero-order valence-corrected chi connectivity index (χ0v) is 20.9. The van der Waals surface area contributed by atoms with E-state index in [1.807, 2.05) is 74.0 Å². The molecule has 3 aromatic rings. The van der Waals surface area contributed by atoms with Crippen LogP contribution in [0.2, 0.25) is 0 Å². The van der Waals surface area contributed by atoms with Gasteiger partial charge in [-0.1, -0.05) is 48.5 Å². The van der Waals surface area contributed by atoms with Crippen LogP contribution in [-0.2, 0) is 39.7 Å². The molecule has 0 bridgehead atoms. The summed E-state index contributed by atoms with van der Waals surface area (Å²) in [6, 6.07) is 17.7. The van der Waals surface area contributed by atoms with Gasteiger partial charge in [-0.2, -0.15) is 18.3 Å². The number of likely N-dealkylation sites (tertiary alicyclic amines) is 1. The van der Waals surface area contributed by atoms with Gasteiger partial charge in [0.25, 0.3) is 0 Å². The lowest BCUT2D eigenvalue weighted by Gasteiger charge is -2.39. The molecule has 8 nitrogen and oxygen atoms in total. The summed E-state index contributed by atoms with van der Waals surface area (Å²) in [4.78, 5) is 11.2. The van der Waals surface area contributed by atoms with Gasteiger partial charge in [0.1, 0.15) is 4.75 Å². The standard InChI is InChI=1S/C23H26N4O2S.C2HF3O2/c1-25-16-20(15-24-25)17-26-13-11-23(12-14-26)21-9-5-6-10-22(21)27(30(23,28)29)18-19-7-3-2-4-8-19;3-2(4,5)1(6)7/h2-10,15-16H,11-14,17-18H2,1H3;(H,6,7). The number of aromatic nitrogens is 2. The number of anilines is 1. The maximum absolute atomic E-state index is 13.9. The molecule has 198 valence electrons. The number of nitrogens with zero attached hydrogens (tertiary/aromatic N) is 4. The molecule has 2 aromatic carbocycles. The van der Waals surface area contributed by atoms with Gasteiger partial charge >= 0.3 is 12.1 Å². The summed E-state index contributed by atoms with van der Waals surface area (Å²) in [5.74, 6) is -2.76. The van der Waals surface area contributed by atoms with Crippen LogP contribution in [0, 0.1) is 0 Å². The zero-order valence-electron chi connectivity index (χ0n) is 20.1. The molecular weight excluding hydrogens is 509 g/mol. The topological polar surface area (TPSA) is 95.7 Å². The molecule has 1 aromatic heterocycles. The molecule has 0 atom stereocenters. The van der Waals surface area contributed by atoms with Gasteiger partial charge in [0.15, 0.2) is 0 Å². The van der Waals surface area contributed by atoms with Crippen LogP contribution in [0.1, 0.15) is 29.5 Å². The van der Waals surface area contributed by atoms with Crippen LogP contribution in [0.4, 0.5) is 18.9 Å². The van der Waals surface area contributed by atoms with E-state index >= 15 is 0 Å². The van der Waals surface area contributed by atoms with Gasteiger partial charge < -0.3 is 5.11 Å². The third-order valence-corrected chi connectivity index (χ3v) is 9.21. The van der Waals surface area contributed by atoms with E-state index in [1.165, 1.54) is 0 Å². The summed E-state index contributed by atoms with van der Waals surface area (Å²) in [6.45, 7) is 2.68. The third kappa shape index (κ3) is 5.35. The second-order valence-corrected chi connectivity index (χ2v) is 11.3. The van der Waals surface area contributed by atoms with E-state index in [9.17, 15) is 21.6 Å². The highest BCUT2D eigenvalue weighted by atomic mass is 32.2. The van der Waals surface area contributed by atoms with Gasteiger partial charge in [-0.05, 0) is 30.0 Å². The van der Waals surface area contributed by atoms with E-state index in [0.717, 1.165) is 42.0 Å². The summed E-state index contributed by atoms with van der Waals surface area (Å²) >= 11 is 0. The van der Waals surface area contributed by atoms with E-state index in [-0.39, 0.29) is 0 Å². The van der Waals surface area contributed by atoms with Crippen LogP contribution in [0.5, 0.6) is 0 Å². The van der Waals surface area contributed by atoms with E-state index in [0.29, 0.717) is 19.4 Å². The minimum Gasteiger partial charge on any atom is -0.475 e. The summed E-state index contributed by atoms with van der Waals surface area (Å²) < 4.78 is 62.1. The van der Waals surface area contributed by atoms with Crippen molar-refractivity contribution >= 4 is 21.7 Å². The molecule has 1 saturated heterocycles. The summed E-state index contributed by atoms with van der Waals surface area (Å²) in [5, 5.41) is 11.4. The fourth-order valence-corrected chi connectivity index (χ4v) is 7.19. The lowest BCUT2D eigenvalue weighted by atomic mass is 9.87. The number of rotatable bonds is 4. The highest BCUT2D eigenvalue weighted by molar-refractivity contribution is 7.94. The van der Waals surface area contributed by atoms with Crippen molar-refractivity contribution in [2.45, 2.75) is 36.9 Å². The van der Waals surface area contributed by atoms with Crippen molar-refractivity contribution in [1.29, 1.82) is 0 Å². The number of carboxylic acids is 1. The predicted molar refractivity (Wildman–Crippen MR) is 131 cm³/mol. The Morgan fingerprint density at radius 3 is 2.16 bits per heavy atom. The molecule has 0 unspecified atom stereocenters. The number of aliphatic carboxylic acids is 1. The fraction of sp³-hybridized carbons (Fsp3) is 0.360. The van der Waals surface area contributed by atoms with Crippen LogP contribution < -0.4 is 4.31 Å². The molecule has 0 aliphatic carbocycles. The first-order valence-corrected chi connectivity index (χ1v) is 13.0. The van der Waals surface area contributed by atoms with Crippen molar-refractivity contribution in [1.82, 2.24) is 14.7 Å². The summed E-state index contributed by atoms with van der Waals surface area (Å²) in [6.07, 6.45) is 0.0387. The normalized spacial score (nSPS) is 18.2. The first kappa shape index (κ1) is 26.7. The lowest BCUT2D eigenvalue weighted by molar-refractivity contribution is -0.192. The Hall–Kier alpha value is -3.38. The Morgan fingerprint density at radius 1 is 1.00 bits per heavy atom. The number of hydrogen-bond donors (Lipinski definition) is 1. The second-order valence-electron chi connectivity index (χ2n) is 9.11. The van der Waals surface area contributed by atoms with E-state index in [4.69, 9.17) is 9.90 Å². The summed E-state index contributed by atoms with van der Waals surface area (Å²) in [7, 11) is -1.60. The summed E-state index contributed by atoms with van der Waals surface area (Å²) in [5.41, 5.74) is 3.96. The van der Waals surface area contributed by atoms with Gasteiger partial charge in [0, 0.05) is 38.4 Å². The average Bonchev–Trinajstić information content (AvgIpc) is 3.34. The van der Waals surface area contributed by atoms with Gasteiger partial charge in [0.2, 0.25) is 10.0 Å². The number of alkyl halides is 3. The first-order chi connectivity index (χ1) is 17.4. The Morgan fingerprint density at radius 2 is 1.59 bits per heavy atom. The third-order valence-electron chi connectivity index (χ3n) is 6.69. The Labute approximate surface area is 213 Å². The largest absolute Gasteiger partial charge is 0.490 e. The predicted octanol–water partition coefficient (Wildman–Crippen LogP) is 3.89. The number of fused-ring (bicyclic) bond motifs is 2. The van der Waals surface area contributed by atoms with Crippen LogP contribution in [0.3, 0.4) is 0 Å². The molecule has 1 fully saturated rings. The van der Waals surface area contributed by atoms with Crippen LogP contribution in [0.15, 0.2) is 67.0 Å². The number of carboxylic acid groups (broad SMARTS) is 1. The minimum atomic E-state index is -5.08. The molecule has 0 saturated carbocycles. The van der Waals surface area contributed by atoms with Crippen LogP contribution >= 0.6 is 0 Å². The molecule has 5 rings (SSSR count). The molecule has 12 heteroatoms. The zero-order chi connectivity index (χ0) is 26.8. The van der Waals surface area contributed by atoms with Gasteiger partial charge in [-0.3, -0.25) is 13.9 Å². The van der Waals surface area contributed by atoms with Gasteiger partial charge in [-0.15, -0.1) is 0 Å². The molecule has 3 heterocycles. The molecule has 1 spiro atoms. The smallest absolute Gasteiger partial charge is 0.475 e. The number of para-hydroxylation sites is 1. The maximum atomic E-state index is 13.9. The number of piperidine rings is 1. The molecule has 0 radical (unpaired) electrons. The van der Waals surface area contributed by atoms with Gasteiger partial charge in [0.05, 0.1) is 18.4 Å². The van der Waals surface area contributed by atoms with Crippen molar-refractivity contribution < 1.29 is 31.5 Å². The average molecular weight is 537 g/mol. The minimum absolute atomic E-state index is 0.376. The highest BCUT2D eigenvalue weighted by Gasteiger charge is 2.56. The molecule has 1 N–H and O–H groups in total. The highest BCUT2D eigenvalue weighted by Crippen LogP contribution is 2.53. The van der Waals surface area contributed by atoms with Crippen molar-refractivity contribution in [3.8, 4) is 0 Å². The van der Waals surface area contributed by atoms with E-state index in [1.54, 1.807) is 8.99 Å². The van der Waals surface area contributed by atoms with Crippen LogP contribution in [0.25, 0.3) is 0 Å². The quantitative estimate of drug-likeness (QED) is 0.544. The number of hydrogen-bond acceptors (Lipinski definition) is 5. The number of sulfonamides is 1. The fourth-order valence-electron chi connectivity index (χ4n) is 4.89. The van der Waals surface area contributed by atoms with E-state index < -0.39 is 26.9 Å². The number of aryl methyl sites for hydroxylation is 1. The number of carbonyl (C=O) groups is 1. The Bertz CT molecular complexity index is 1350. The molecule has 2 aliphatic heterocycles. The molecule has 37 heavy (non-hydrogen) atoms. The molecule has 0 amide bonds. The van der Waals surface area contributed by atoms with Crippen molar-refractivity contribution in [3.05, 3.63) is 83.7 Å². The van der Waals surface area contributed by atoms with Crippen molar-refractivity contribution in [3.63, 3.8) is 0 Å². The van der Waals surface area contributed by atoms with Crippen molar-refractivity contribution in [2.24, 2.45) is 7.05 Å². The van der Waals surface area contributed by atoms with Gasteiger partial charge in [-0.25, -0.2) is 13.2 Å². The van der Waals surface area contributed by atoms with Crippen LogP contribution in [-0.4, -0.2) is 53.4 Å². The Kier molecular flexibility index (Phi) is 7.33. The maximum Gasteiger partial charge on any atom is 0.490 e. The monoisotopic (exact) mass is 536 g/mol. The molecule has 2 aliphatic rings. The molecular formula is C25H27F3N4O4S. The lowest BCUT2D eigenvalue weighted by Crippen LogP contribution is -2.48. The van der Waals surface area contributed by atoms with Crippen molar-refractivity contribution in [2.75, 3.05) is 17.4 Å². The SMILES string of the molecule is Cn1cc(CN2CCC3(CC2)c2ccccc2N(Cc2ccccc2)S3(=O)=O)cn1.O=C(O)C(F)(F)F. The van der Waals surface area contributed by atoms with E-state index in [2.05, 4.69) is 10.00 Å². The number of benzene rings is 2. The Balaban J connectivity index is 0.000000405.